The quantitative estimate of drug-likeness (QED) is 0.326. The van der Waals surface area contributed by atoms with Crippen LogP contribution in [0.3, 0.4) is 0 Å². The van der Waals surface area contributed by atoms with Crippen LogP contribution in [0.5, 0.6) is 5.75 Å². The van der Waals surface area contributed by atoms with E-state index in [1.54, 1.807) is 0 Å². The van der Waals surface area contributed by atoms with Crippen molar-refractivity contribution in [1.29, 1.82) is 0 Å². The molecule has 0 atom stereocenters. The average Bonchev–Trinajstić information content (AvgIpc) is 2.46. The van der Waals surface area contributed by atoms with E-state index in [0.717, 1.165) is 30.8 Å². The molecule has 0 aromatic heterocycles. The zero-order valence-corrected chi connectivity index (χ0v) is 11.7. The molecule has 1 rings (SSSR count). The van der Waals surface area contributed by atoms with Crippen molar-refractivity contribution < 1.29 is 4.74 Å². The van der Waals surface area contributed by atoms with Crippen LogP contribution in [0.1, 0.15) is 50.5 Å². The highest BCUT2D eigenvalue weighted by Crippen LogP contribution is 2.13. The third-order valence-corrected chi connectivity index (χ3v) is 3.09. The summed E-state index contributed by atoms with van der Waals surface area (Å²) in [5.74, 6) is 3.50. The Morgan fingerprint density at radius 2 is 1.63 bits per heavy atom. The lowest BCUT2D eigenvalue weighted by molar-refractivity contribution is 0.304. The molecule has 0 spiro atoms. The SMILES string of the molecule is C#Cc1ccc(OCCCCCCCCC=C)cc1. The fraction of sp³-hybridized carbons (Fsp3) is 0.444. The number of allylic oxidation sites excluding steroid dienone is 1. The summed E-state index contributed by atoms with van der Waals surface area (Å²) in [5.41, 5.74) is 0.895. The van der Waals surface area contributed by atoms with E-state index in [-0.39, 0.29) is 0 Å². The first-order valence-corrected chi connectivity index (χ1v) is 7.17. The summed E-state index contributed by atoms with van der Waals surface area (Å²) >= 11 is 0. The summed E-state index contributed by atoms with van der Waals surface area (Å²) in [6.07, 6.45) is 16.0. The molecule has 0 saturated carbocycles. The molecule has 0 aliphatic rings. The van der Waals surface area contributed by atoms with Crippen LogP contribution in [0.2, 0.25) is 0 Å². The lowest BCUT2D eigenvalue weighted by atomic mass is 10.1. The van der Waals surface area contributed by atoms with Gasteiger partial charge in [0.1, 0.15) is 5.75 Å². The molecular formula is C18H24O. The van der Waals surface area contributed by atoms with Crippen molar-refractivity contribution in [2.75, 3.05) is 6.61 Å². The van der Waals surface area contributed by atoms with Crippen molar-refractivity contribution in [3.8, 4) is 18.1 Å². The lowest BCUT2D eigenvalue weighted by Gasteiger charge is -2.06. The number of benzene rings is 1. The molecule has 0 saturated heterocycles. The van der Waals surface area contributed by atoms with Crippen molar-refractivity contribution in [2.45, 2.75) is 44.9 Å². The Bertz CT molecular complexity index is 383. The van der Waals surface area contributed by atoms with Crippen LogP contribution in [0.15, 0.2) is 36.9 Å². The van der Waals surface area contributed by atoms with Crippen LogP contribution in [0, 0.1) is 12.3 Å². The zero-order valence-electron chi connectivity index (χ0n) is 11.7. The third kappa shape index (κ3) is 7.36. The maximum atomic E-state index is 5.67. The molecule has 0 aliphatic heterocycles. The molecule has 1 aromatic rings. The summed E-state index contributed by atoms with van der Waals surface area (Å²) in [5, 5.41) is 0. The van der Waals surface area contributed by atoms with Crippen molar-refractivity contribution >= 4 is 0 Å². The summed E-state index contributed by atoms with van der Waals surface area (Å²) in [7, 11) is 0. The summed E-state index contributed by atoms with van der Waals surface area (Å²) in [6.45, 7) is 4.52. The van der Waals surface area contributed by atoms with Gasteiger partial charge in [0.05, 0.1) is 6.61 Å². The van der Waals surface area contributed by atoms with E-state index in [1.807, 2.05) is 30.3 Å². The number of terminal acetylenes is 1. The molecule has 0 N–H and O–H groups in total. The van der Waals surface area contributed by atoms with E-state index in [4.69, 9.17) is 11.2 Å². The molecule has 1 aromatic carbocycles. The van der Waals surface area contributed by atoms with E-state index in [9.17, 15) is 0 Å². The minimum atomic E-state index is 0.794. The molecule has 0 fully saturated rings. The standard InChI is InChI=1S/C18H24O/c1-3-5-6-7-8-9-10-11-16-19-18-14-12-17(4-2)13-15-18/h2-3,12-15H,1,5-11,16H2. The Balaban J connectivity index is 1.98. The van der Waals surface area contributed by atoms with Gasteiger partial charge in [-0.2, -0.15) is 0 Å². The lowest BCUT2D eigenvalue weighted by Crippen LogP contribution is -1.97. The van der Waals surface area contributed by atoms with E-state index in [0.29, 0.717) is 0 Å². The highest BCUT2D eigenvalue weighted by atomic mass is 16.5. The second-order valence-electron chi connectivity index (χ2n) is 4.72. The Labute approximate surface area is 117 Å². The van der Waals surface area contributed by atoms with Crippen LogP contribution in [-0.4, -0.2) is 6.61 Å². The number of hydrogen-bond acceptors (Lipinski definition) is 1. The number of ether oxygens (including phenoxy) is 1. The normalized spacial score (nSPS) is 9.84. The summed E-state index contributed by atoms with van der Waals surface area (Å²) in [6, 6.07) is 7.69. The first kappa shape index (κ1) is 15.4. The van der Waals surface area contributed by atoms with Gasteiger partial charge in [0.25, 0.3) is 0 Å². The first-order chi connectivity index (χ1) is 9.36. The maximum Gasteiger partial charge on any atom is 0.119 e. The predicted molar refractivity (Wildman–Crippen MR) is 82.4 cm³/mol. The van der Waals surface area contributed by atoms with Gasteiger partial charge >= 0.3 is 0 Å². The molecule has 0 unspecified atom stereocenters. The zero-order chi connectivity index (χ0) is 13.8. The molecule has 1 nitrogen and oxygen atoms in total. The second-order valence-corrected chi connectivity index (χ2v) is 4.72. The predicted octanol–water partition coefficient (Wildman–Crippen LogP) is 4.96. The van der Waals surface area contributed by atoms with Gasteiger partial charge in [0.2, 0.25) is 0 Å². The Kier molecular flexibility index (Phi) is 8.31. The van der Waals surface area contributed by atoms with Crippen molar-refractivity contribution in [1.82, 2.24) is 0 Å². The van der Waals surface area contributed by atoms with E-state index in [2.05, 4.69) is 12.5 Å². The highest BCUT2D eigenvalue weighted by molar-refractivity contribution is 5.36. The second kappa shape index (κ2) is 10.3. The van der Waals surface area contributed by atoms with Crippen molar-refractivity contribution in [2.24, 2.45) is 0 Å². The average molecular weight is 256 g/mol. The molecule has 0 aliphatic carbocycles. The third-order valence-electron chi connectivity index (χ3n) is 3.09. The van der Waals surface area contributed by atoms with Gasteiger partial charge in [-0.3, -0.25) is 0 Å². The van der Waals surface area contributed by atoms with Crippen molar-refractivity contribution in [3.63, 3.8) is 0 Å². The molecule has 19 heavy (non-hydrogen) atoms. The van der Waals surface area contributed by atoms with E-state index in [1.165, 1.54) is 32.1 Å². The molecule has 102 valence electrons. The number of rotatable bonds is 10. The largest absolute Gasteiger partial charge is 0.494 e. The van der Waals surface area contributed by atoms with Gasteiger partial charge < -0.3 is 4.74 Å². The van der Waals surface area contributed by atoms with Gasteiger partial charge in [0.15, 0.2) is 0 Å². The van der Waals surface area contributed by atoms with Gasteiger partial charge in [0, 0.05) is 5.56 Å². The van der Waals surface area contributed by atoms with E-state index < -0.39 is 0 Å². The van der Waals surface area contributed by atoms with Crippen LogP contribution in [0.25, 0.3) is 0 Å². The van der Waals surface area contributed by atoms with Crippen LogP contribution in [0.4, 0.5) is 0 Å². The highest BCUT2D eigenvalue weighted by Gasteiger charge is 1.95. The minimum absolute atomic E-state index is 0.794. The van der Waals surface area contributed by atoms with Gasteiger partial charge in [-0.1, -0.05) is 37.7 Å². The molecule has 1 heteroatoms. The monoisotopic (exact) mass is 256 g/mol. The van der Waals surface area contributed by atoms with Crippen molar-refractivity contribution in [3.05, 3.63) is 42.5 Å². The number of unbranched alkanes of at least 4 members (excludes halogenated alkanes) is 6. The van der Waals surface area contributed by atoms with Gasteiger partial charge in [-0.05, 0) is 43.5 Å². The topological polar surface area (TPSA) is 9.23 Å². The Morgan fingerprint density at radius 1 is 1.00 bits per heavy atom. The van der Waals surface area contributed by atoms with Crippen LogP contribution in [-0.2, 0) is 0 Å². The molecular weight excluding hydrogens is 232 g/mol. The molecule has 0 bridgehead atoms. The maximum absolute atomic E-state index is 5.67. The molecule has 0 radical (unpaired) electrons. The summed E-state index contributed by atoms with van der Waals surface area (Å²) in [4.78, 5) is 0. The number of hydrogen-bond donors (Lipinski definition) is 0. The minimum Gasteiger partial charge on any atom is -0.494 e. The Hall–Kier alpha value is -1.68. The molecule has 0 heterocycles. The fourth-order valence-corrected chi connectivity index (χ4v) is 1.94. The first-order valence-electron chi connectivity index (χ1n) is 7.17. The fourth-order valence-electron chi connectivity index (χ4n) is 1.94. The van der Waals surface area contributed by atoms with Crippen LogP contribution < -0.4 is 4.74 Å². The van der Waals surface area contributed by atoms with Gasteiger partial charge in [-0.15, -0.1) is 13.0 Å². The molecule has 0 amide bonds. The van der Waals surface area contributed by atoms with E-state index >= 15 is 0 Å². The smallest absolute Gasteiger partial charge is 0.119 e. The Morgan fingerprint density at radius 3 is 2.26 bits per heavy atom. The van der Waals surface area contributed by atoms with Crippen LogP contribution >= 0.6 is 0 Å². The van der Waals surface area contributed by atoms with Gasteiger partial charge in [-0.25, -0.2) is 0 Å². The summed E-state index contributed by atoms with van der Waals surface area (Å²) < 4.78 is 5.67.